The molecule has 25 heavy (non-hydrogen) atoms. The quantitative estimate of drug-likeness (QED) is 0.540. The van der Waals surface area contributed by atoms with E-state index in [2.05, 4.69) is 13.2 Å². The van der Waals surface area contributed by atoms with E-state index < -0.39 is 12.1 Å². The van der Waals surface area contributed by atoms with Gasteiger partial charge in [-0.2, -0.15) is 0 Å². The number of methoxy groups -OCH3 is 1. The first-order valence-corrected chi connectivity index (χ1v) is 8.41. The van der Waals surface area contributed by atoms with Crippen molar-refractivity contribution >= 4 is 35.2 Å². The molecule has 1 aromatic heterocycles. The van der Waals surface area contributed by atoms with E-state index in [1.165, 1.54) is 23.3 Å². The van der Waals surface area contributed by atoms with Crippen LogP contribution in [0.1, 0.15) is 20.8 Å². The van der Waals surface area contributed by atoms with E-state index >= 15 is 0 Å². The van der Waals surface area contributed by atoms with E-state index in [-0.39, 0.29) is 13.2 Å². The lowest BCUT2D eigenvalue weighted by atomic mass is 10.2. The fourth-order valence-corrected chi connectivity index (χ4v) is 3.18. The highest BCUT2D eigenvalue weighted by atomic mass is 32.1. The second-order valence-corrected chi connectivity index (χ2v) is 5.88. The van der Waals surface area contributed by atoms with Gasteiger partial charge in [0.25, 0.3) is 0 Å². The van der Waals surface area contributed by atoms with E-state index in [1.54, 1.807) is 17.5 Å². The van der Waals surface area contributed by atoms with Crippen LogP contribution in [0, 0.1) is 0 Å². The van der Waals surface area contributed by atoms with E-state index in [0.717, 1.165) is 5.56 Å². The lowest BCUT2D eigenvalue weighted by Crippen LogP contribution is -2.33. The molecule has 1 heterocycles. The smallest absolute Gasteiger partial charge is 0.414 e. The fourth-order valence-electron chi connectivity index (χ4n) is 2.21. The maximum Gasteiger partial charge on any atom is 0.414 e. The third kappa shape index (κ3) is 4.36. The van der Waals surface area contributed by atoms with Crippen molar-refractivity contribution < 1.29 is 19.1 Å². The number of amides is 1. The molecule has 0 N–H and O–H groups in total. The molecule has 130 valence electrons. The van der Waals surface area contributed by atoms with Crippen molar-refractivity contribution in [3.8, 4) is 0 Å². The second-order valence-electron chi connectivity index (χ2n) is 5.00. The maximum absolute atomic E-state index is 12.6. The van der Waals surface area contributed by atoms with Crippen molar-refractivity contribution in [1.29, 1.82) is 0 Å². The van der Waals surface area contributed by atoms with Gasteiger partial charge in [0.1, 0.15) is 11.5 Å². The van der Waals surface area contributed by atoms with Gasteiger partial charge in [-0.1, -0.05) is 49.1 Å². The zero-order valence-electron chi connectivity index (χ0n) is 13.9. The molecule has 0 atom stereocenters. The molecule has 2 rings (SSSR count). The van der Waals surface area contributed by atoms with Crippen molar-refractivity contribution in [3.63, 3.8) is 0 Å². The molecule has 0 aliphatic rings. The zero-order chi connectivity index (χ0) is 18.2. The average Bonchev–Trinajstić information content (AvgIpc) is 3.08. The lowest BCUT2D eigenvalue weighted by Gasteiger charge is -2.22. The van der Waals surface area contributed by atoms with Gasteiger partial charge in [0.2, 0.25) is 0 Å². The molecule has 5 nitrogen and oxygen atoms in total. The largest absolute Gasteiger partial charge is 0.465 e. The van der Waals surface area contributed by atoms with E-state index in [0.29, 0.717) is 16.1 Å². The highest BCUT2D eigenvalue weighted by molar-refractivity contribution is 7.13. The molecule has 0 aliphatic heterocycles. The predicted molar refractivity (Wildman–Crippen MR) is 99.9 cm³/mol. The Morgan fingerprint density at radius 2 is 1.96 bits per heavy atom. The summed E-state index contributed by atoms with van der Waals surface area (Å²) >= 11 is 1.19. The van der Waals surface area contributed by atoms with Crippen LogP contribution in [0.15, 0.2) is 54.9 Å². The number of carbonyl (C=O) groups excluding carboxylic acids is 2. The van der Waals surface area contributed by atoms with Gasteiger partial charge in [-0.05, 0) is 5.56 Å². The molecule has 0 fully saturated rings. The molecule has 6 heteroatoms. The number of thiophene rings is 1. The number of ether oxygens (including phenoxy) is 2. The average molecular weight is 357 g/mol. The number of rotatable bonds is 7. The van der Waals surface area contributed by atoms with Gasteiger partial charge in [0, 0.05) is 17.5 Å². The summed E-state index contributed by atoms with van der Waals surface area (Å²) in [5.41, 5.74) is 1.95. The van der Waals surface area contributed by atoms with Crippen LogP contribution in [0.4, 0.5) is 10.5 Å². The van der Waals surface area contributed by atoms with Gasteiger partial charge < -0.3 is 9.47 Å². The summed E-state index contributed by atoms with van der Waals surface area (Å²) in [5.74, 6) is -0.516. The SMILES string of the molecule is C=CCN(C(=O)OCc1ccccc1)c1c(C=C)csc1C(=O)OC. The van der Waals surface area contributed by atoms with Gasteiger partial charge in [-0.25, -0.2) is 9.59 Å². The molecule has 0 saturated carbocycles. The Balaban J connectivity index is 2.29. The number of hydrogen-bond donors (Lipinski definition) is 0. The number of esters is 1. The Morgan fingerprint density at radius 1 is 1.24 bits per heavy atom. The lowest BCUT2D eigenvalue weighted by molar-refractivity contribution is 0.0607. The minimum Gasteiger partial charge on any atom is -0.465 e. The first-order chi connectivity index (χ1) is 12.1. The summed E-state index contributed by atoms with van der Waals surface area (Å²) in [5, 5.41) is 1.75. The summed E-state index contributed by atoms with van der Waals surface area (Å²) in [6, 6.07) is 9.36. The maximum atomic E-state index is 12.6. The molecule has 1 aromatic carbocycles. The van der Waals surface area contributed by atoms with Crippen molar-refractivity contribution in [2.24, 2.45) is 0 Å². The molecule has 0 aliphatic carbocycles. The third-order valence-corrected chi connectivity index (χ3v) is 4.36. The molecule has 0 unspecified atom stereocenters. The van der Waals surface area contributed by atoms with Crippen molar-refractivity contribution in [3.05, 3.63) is 70.9 Å². The molecule has 1 amide bonds. The zero-order valence-corrected chi connectivity index (χ0v) is 14.8. The standard InChI is InChI=1S/C19H19NO4S/c1-4-11-20(19(22)24-12-14-9-7-6-8-10-14)16-15(5-2)13-25-17(16)18(21)23-3/h4-10,13H,1-2,11-12H2,3H3. The summed E-state index contributed by atoms with van der Waals surface area (Å²) in [6.07, 6.45) is 2.57. The van der Waals surface area contributed by atoms with Crippen LogP contribution in [-0.4, -0.2) is 25.7 Å². The van der Waals surface area contributed by atoms with Crippen LogP contribution >= 0.6 is 11.3 Å². The van der Waals surface area contributed by atoms with E-state index in [1.807, 2.05) is 30.3 Å². The number of carbonyl (C=O) groups is 2. The normalized spacial score (nSPS) is 9.96. The molecular formula is C19H19NO4S. The number of benzene rings is 1. The Labute approximate surface area is 150 Å². The number of nitrogens with zero attached hydrogens (tertiary/aromatic N) is 1. The highest BCUT2D eigenvalue weighted by Gasteiger charge is 2.27. The van der Waals surface area contributed by atoms with Gasteiger partial charge >= 0.3 is 12.1 Å². The Morgan fingerprint density at radius 3 is 2.56 bits per heavy atom. The van der Waals surface area contributed by atoms with Gasteiger partial charge in [0.05, 0.1) is 12.8 Å². The molecule has 2 aromatic rings. The van der Waals surface area contributed by atoms with Crippen LogP contribution in [0.2, 0.25) is 0 Å². The Kier molecular flexibility index (Phi) is 6.54. The predicted octanol–water partition coefficient (Wildman–Crippen LogP) is 4.51. The van der Waals surface area contributed by atoms with Crippen LogP contribution in [0.25, 0.3) is 6.08 Å². The van der Waals surface area contributed by atoms with Gasteiger partial charge in [-0.3, -0.25) is 4.90 Å². The second kappa shape index (κ2) is 8.84. The summed E-state index contributed by atoms with van der Waals surface area (Å²) in [4.78, 5) is 26.3. The van der Waals surface area contributed by atoms with E-state index in [9.17, 15) is 9.59 Å². The van der Waals surface area contributed by atoms with E-state index in [4.69, 9.17) is 9.47 Å². The third-order valence-electron chi connectivity index (χ3n) is 3.39. The molecular weight excluding hydrogens is 338 g/mol. The Hall–Kier alpha value is -2.86. The van der Waals surface area contributed by atoms with Crippen molar-refractivity contribution in [1.82, 2.24) is 0 Å². The van der Waals surface area contributed by atoms with Crippen molar-refractivity contribution in [2.75, 3.05) is 18.6 Å². The fraction of sp³-hybridized carbons (Fsp3) is 0.158. The minimum absolute atomic E-state index is 0.133. The van der Waals surface area contributed by atoms with Crippen LogP contribution in [0.5, 0.6) is 0 Å². The number of anilines is 1. The van der Waals surface area contributed by atoms with Crippen LogP contribution < -0.4 is 4.90 Å². The van der Waals surface area contributed by atoms with Crippen molar-refractivity contribution in [2.45, 2.75) is 6.61 Å². The summed E-state index contributed by atoms with van der Waals surface area (Å²) in [6.45, 7) is 7.73. The van der Waals surface area contributed by atoms with Crippen LogP contribution in [0.3, 0.4) is 0 Å². The summed E-state index contributed by atoms with van der Waals surface area (Å²) < 4.78 is 10.2. The first kappa shape index (κ1) is 18.5. The number of hydrogen-bond acceptors (Lipinski definition) is 5. The Bertz CT molecular complexity index is 767. The van der Waals surface area contributed by atoms with Gasteiger partial charge in [-0.15, -0.1) is 17.9 Å². The molecule has 0 saturated heterocycles. The minimum atomic E-state index is -0.574. The first-order valence-electron chi connectivity index (χ1n) is 7.53. The monoisotopic (exact) mass is 357 g/mol. The molecule has 0 radical (unpaired) electrons. The molecule has 0 bridgehead atoms. The van der Waals surface area contributed by atoms with Crippen LogP contribution in [-0.2, 0) is 16.1 Å². The van der Waals surface area contributed by atoms with Gasteiger partial charge in [0.15, 0.2) is 0 Å². The highest BCUT2D eigenvalue weighted by Crippen LogP contribution is 2.34. The topological polar surface area (TPSA) is 55.8 Å². The summed E-state index contributed by atoms with van der Waals surface area (Å²) in [7, 11) is 1.30. The molecule has 0 spiro atoms.